The molecule has 19 heavy (non-hydrogen) atoms. The molecule has 3 nitrogen and oxygen atoms in total. The largest absolute Gasteiger partial charge is 0.292 e. The van der Waals surface area contributed by atoms with Crippen molar-refractivity contribution in [1.29, 1.82) is 0 Å². The highest BCUT2D eigenvalue weighted by Gasteiger charge is 2.11. The molecule has 1 heterocycles. The van der Waals surface area contributed by atoms with Gasteiger partial charge in [-0.3, -0.25) is 9.48 Å². The Morgan fingerprint density at radius 3 is 2.47 bits per heavy atom. The molecule has 0 aliphatic heterocycles. The topological polar surface area (TPSA) is 34.9 Å². The van der Waals surface area contributed by atoms with Gasteiger partial charge in [-0.15, -0.1) is 0 Å². The minimum absolute atomic E-state index is 0.0529. The highest BCUT2D eigenvalue weighted by atomic mass is 35.5. The fourth-order valence-corrected chi connectivity index (χ4v) is 2.10. The Morgan fingerprint density at radius 1 is 1.21 bits per heavy atom. The Balaban J connectivity index is 2.18. The van der Waals surface area contributed by atoms with E-state index in [1.54, 1.807) is 28.9 Å². The SMILES string of the molecule is CCc1cc(CC)n(CC(=O)c2ccc(Cl)cc2)n1. The third kappa shape index (κ3) is 3.24. The van der Waals surface area contributed by atoms with Gasteiger partial charge in [0, 0.05) is 16.3 Å². The Bertz CT molecular complexity index is 572. The Morgan fingerprint density at radius 2 is 1.89 bits per heavy atom. The van der Waals surface area contributed by atoms with Crippen LogP contribution in [0.25, 0.3) is 0 Å². The second-order valence-electron chi connectivity index (χ2n) is 4.42. The fourth-order valence-electron chi connectivity index (χ4n) is 1.97. The first kappa shape index (κ1) is 13.8. The van der Waals surface area contributed by atoms with Crippen LogP contribution in [0.15, 0.2) is 30.3 Å². The molecule has 0 spiro atoms. The zero-order valence-electron chi connectivity index (χ0n) is 11.2. The van der Waals surface area contributed by atoms with Crippen LogP contribution in [0.5, 0.6) is 0 Å². The molecule has 2 rings (SSSR count). The van der Waals surface area contributed by atoms with Crippen LogP contribution in [-0.4, -0.2) is 15.6 Å². The standard InChI is InChI=1S/C15H17ClN2O/c1-3-13-9-14(4-2)18(17-13)10-15(19)11-5-7-12(16)8-6-11/h5-9H,3-4,10H2,1-2H3. The summed E-state index contributed by atoms with van der Waals surface area (Å²) < 4.78 is 1.80. The van der Waals surface area contributed by atoms with Gasteiger partial charge in [0.2, 0.25) is 0 Å². The van der Waals surface area contributed by atoms with Crippen LogP contribution in [0.1, 0.15) is 35.6 Å². The molecule has 1 aromatic carbocycles. The van der Waals surface area contributed by atoms with Crippen molar-refractivity contribution in [2.24, 2.45) is 0 Å². The van der Waals surface area contributed by atoms with Crippen LogP contribution in [-0.2, 0) is 19.4 Å². The van der Waals surface area contributed by atoms with Crippen LogP contribution < -0.4 is 0 Å². The number of Topliss-reactive ketones (excluding diaryl/α,β-unsaturated/α-hetero) is 1. The van der Waals surface area contributed by atoms with Gasteiger partial charge in [0.15, 0.2) is 5.78 Å². The maximum Gasteiger partial charge on any atom is 0.184 e. The van der Waals surface area contributed by atoms with Gasteiger partial charge in [0.25, 0.3) is 0 Å². The number of benzene rings is 1. The third-order valence-corrected chi connectivity index (χ3v) is 3.35. The normalized spacial score (nSPS) is 10.7. The van der Waals surface area contributed by atoms with Gasteiger partial charge in [0.05, 0.1) is 5.69 Å². The monoisotopic (exact) mass is 276 g/mol. The summed E-state index contributed by atoms with van der Waals surface area (Å²) in [6.07, 6.45) is 1.76. The van der Waals surface area contributed by atoms with Gasteiger partial charge in [-0.2, -0.15) is 5.10 Å². The Labute approximate surface area is 118 Å². The average Bonchev–Trinajstić information content (AvgIpc) is 2.81. The van der Waals surface area contributed by atoms with Crippen molar-refractivity contribution in [3.8, 4) is 0 Å². The van der Waals surface area contributed by atoms with Crippen LogP contribution in [0.2, 0.25) is 5.02 Å². The number of hydrogen-bond donors (Lipinski definition) is 0. The molecular formula is C15H17ClN2O. The van der Waals surface area contributed by atoms with Crippen molar-refractivity contribution in [1.82, 2.24) is 9.78 Å². The second-order valence-corrected chi connectivity index (χ2v) is 4.86. The molecule has 0 saturated carbocycles. The molecule has 0 N–H and O–H groups in total. The lowest BCUT2D eigenvalue weighted by Crippen LogP contribution is -2.14. The molecule has 4 heteroatoms. The number of nitrogens with zero attached hydrogens (tertiary/aromatic N) is 2. The predicted octanol–water partition coefficient (Wildman–Crippen LogP) is 3.54. The number of aromatic nitrogens is 2. The minimum atomic E-state index is 0.0529. The fraction of sp³-hybridized carbons (Fsp3) is 0.333. The molecule has 2 aromatic rings. The van der Waals surface area contributed by atoms with Crippen molar-refractivity contribution < 1.29 is 4.79 Å². The lowest BCUT2D eigenvalue weighted by molar-refractivity contribution is 0.0966. The van der Waals surface area contributed by atoms with E-state index in [4.69, 9.17) is 11.6 Å². The summed E-state index contributed by atoms with van der Waals surface area (Å²) in [5.41, 5.74) is 2.79. The number of rotatable bonds is 5. The van der Waals surface area contributed by atoms with Crippen molar-refractivity contribution >= 4 is 17.4 Å². The summed E-state index contributed by atoms with van der Waals surface area (Å²) in [6.45, 7) is 4.41. The van der Waals surface area contributed by atoms with E-state index >= 15 is 0 Å². The highest BCUT2D eigenvalue weighted by molar-refractivity contribution is 6.30. The van der Waals surface area contributed by atoms with Crippen LogP contribution in [0, 0.1) is 0 Å². The van der Waals surface area contributed by atoms with Gasteiger partial charge < -0.3 is 0 Å². The summed E-state index contributed by atoms with van der Waals surface area (Å²) in [7, 11) is 0. The Hall–Kier alpha value is -1.61. The smallest absolute Gasteiger partial charge is 0.184 e. The number of halogens is 1. The minimum Gasteiger partial charge on any atom is -0.292 e. The summed E-state index contributed by atoms with van der Waals surface area (Å²) >= 11 is 5.82. The van der Waals surface area contributed by atoms with Gasteiger partial charge in [-0.25, -0.2) is 0 Å². The number of aryl methyl sites for hydroxylation is 2. The van der Waals surface area contributed by atoms with Crippen molar-refractivity contribution in [2.45, 2.75) is 33.2 Å². The zero-order valence-corrected chi connectivity index (χ0v) is 11.9. The molecule has 0 unspecified atom stereocenters. The second kappa shape index (κ2) is 6.02. The van der Waals surface area contributed by atoms with E-state index in [0.29, 0.717) is 10.6 Å². The van der Waals surface area contributed by atoms with E-state index in [0.717, 1.165) is 24.2 Å². The van der Waals surface area contributed by atoms with Crippen LogP contribution in [0.3, 0.4) is 0 Å². The van der Waals surface area contributed by atoms with Crippen molar-refractivity contribution in [3.05, 3.63) is 52.3 Å². The number of ketones is 1. The van der Waals surface area contributed by atoms with Crippen LogP contribution in [0.4, 0.5) is 0 Å². The first-order valence-electron chi connectivity index (χ1n) is 6.48. The summed E-state index contributed by atoms with van der Waals surface area (Å²) in [5, 5.41) is 5.09. The first-order valence-corrected chi connectivity index (χ1v) is 6.86. The average molecular weight is 277 g/mol. The highest BCUT2D eigenvalue weighted by Crippen LogP contribution is 2.12. The molecule has 0 bridgehead atoms. The van der Waals surface area contributed by atoms with Gasteiger partial charge >= 0.3 is 0 Å². The van der Waals surface area contributed by atoms with Gasteiger partial charge in [-0.1, -0.05) is 25.4 Å². The van der Waals surface area contributed by atoms with Crippen LogP contribution >= 0.6 is 11.6 Å². The van der Waals surface area contributed by atoms with E-state index in [2.05, 4.69) is 25.0 Å². The molecule has 0 atom stereocenters. The van der Waals surface area contributed by atoms with Crippen molar-refractivity contribution in [2.75, 3.05) is 0 Å². The summed E-state index contributed by atoms with van der Waals surface area (Å²) in [4.78, 5) is 12.2. The van der Waals surface area contributed by atoms with E-state index in [1.807, 2.05) is 0 Å². The lowest BCUT2D eigenvalue weighted by atomic mass is 10.1. The number of carbonyl (C=O) groups excluding carboxylic acids is 1. The third-order valence-electron chi connectivity index (χ3n) is 3.10. The molecular weight excluding hydrogens is 260 g/mol. The number of carbonyl (C=O) groups is 1. The van der Waals surface area contributed by atoms with Crippen molar-refractivity contribution in [3.63, 3.8) is 0 Å². The van der Waals surface area contributed by atoms with E-state index in [-0.39, 0.29) is 12.3 Å². The van der Waals surface area contributed by atoms with E-state index in [1.165, 1.54) is 0 Å². The quantitative estimate of drug-likeness (QED) is 0.783. The molecule has 0 fully saturated rings. The molecule has 0 saturated heterocycles. The molecule has 100 valence electrons. The maximum atomic E-state index is 12.2. The maximum absolute atomic E-state index is 12.2. The molecule has 1 aromatic heterocycles. The Kier molecular flexibility index (Phi) is 4.38. The lowest BCUT2D eigenvalue weighted by Gasteiger charge is -2.05. The number of hydrogen-bond acceptors (Lipinski definition) is 2. The first-order chi connectivity index (χ1) is 9.13. The zero-order chi connectivity index (χ0) is 13.8. The molecule has 0 aliphatic carbocycles. The van der Waals surface area contributed by atoms with E-state index < -0.39 is 0 Å². The van der Waals surface area contributed by atoms with Gasteiger partial charge in [-0.05, 0) is 43.2 Å². The molecule has 0 radical (unpaired) electrons. The summed E-state index contributed by atoms with van der Waals surface area (Å²) in [6, 6.07) is 9.03. The summed E-state index contributed by atoms with van der Waals surface area (Å²) in [5.74, 6) is 0.0529. The molecule has 0 aliphatic rings. The predicted molar refractivity (Wildman–Crippen MR) is 76.8 cm³/mol. The van der Waals surface area contributed by atoms with E-state index in [9.17, 15) is 4.79 Å². The van der Waals surface area contributed by atoms with Gasteiger partial charge in [0.1, 0.15) is 6.54 Å². The molecule has 0 amide bonds.